The Balaban J connectivity index is 2.98. The van der Waals surface area contributed by atoms with Crippen LogP contribution in [0.2, 0.25) is 5.02 Å². The summed E-state index contributed by atoms with van der Waals surface area (Å²) in [5.41, 5.74) is 0.689. The van der Waals surface area contributed by atoms with Crippen molar-refractivity contribution < 1.29 is 4.39 Å². The molecule has 0 N–H and O–H groups in total. The Hall–Kier alpha value is -0.0800. The molecule has 1 atom stereocenters. The molecule has 0 amide bonds. The van der Waals surface area contributed by atoms with Gasteiger partial charge in [0.15, 0.2) is 0 Å². The summed E-state index contributed by atoms with van der Waals surface area (Å²) in [6, 6.07) is 4.84. The summed E-state index contributed by atoms with van der Waals surface area (Å²) in [7, 11) is 0. The summed E-state index contributed by atoms with van der Waals surface area (Å²) < 4.78 is 13.6. The fourth-order valence-corrected chi connectivity index (χ4v) is 2.22. The first kappa shape index (κ1) is 13.0. The fraction of sp³-hybridized carbons (Fsp3) is 0.500. The van der Waals surface area contributed by atoms with Gasteiger partial charge in [-0.25, -0.2) is 4.39 Å². The van der Waals surface area contributed by atoms with Gasteiger partial charge in [-0.3, -0.25) is 0 Å². The number of benzene rings is 1. The summed E-state index contributed by atoms with van der Waals surface area (Å²) in [6.45, 7) is 4.24. The van der Waals surface area contributed by atoms with Crippen molar-refractivity contribution in [2.75, 3.05) is 5.33 Å². The number of halogens is 3. The van der Waals surface area contributed by atoms with Crippen molar-refractivity contribution in [2.24, 2.45) is 5.41 Å². The minimum atomic E-state index is -0.205. The molecular formula is C12H15BrClF. The standard InChI is InChI=1S/C12H15BrClF/c1-3-12(2,8-13)7-9-10(14)5-4-6-11(9)15/h4-6H,3,7-8H2,1-2H3. The molecule has 0 radical (unpaired) electrons. The number of hydrogen-bond acceptors (Lipinski definition) is 0. The van der Waals surface area contributed by atoms with Crippen LogP contribution in [0.15, 0.2) is 18.2 Å². The zero-order chi connectivity index (χ0) is 11.5. The molecule has 0 fully saturated rings. The van der Waals surface area contributed by atoms with Gasteiger partial charge in [0.05, 0.1) is 0 Å². The SMILES string of the molecule is CCC(C)(CBr)Cc1c(F)cccc1Cl. The van der Waals surface area contributed by atoms with Gasteiger partial charge in [-0.05, 0) is 30.4 Å². The quantitative estimate of drug-likeness (QED) is 0.697. The van der Waals surface area contributed by atoms with E-state index in [1.54, 1.807) is 12.1 Å². The number of hydrogen-bond donors (Lipinski definition) is 0. The van der Waals surface area contributed by atoms with Crippen molar-refractivity contribution in [2.45, 2.75) is 26.7 Å². The second kappa shape index (κ2) is 5.31. The minimum absolute atomic E-state index is 0.0613. The lowest BCUT2D eigenvalue weighted by molar-refractivity contribution is 0.355. The molecule has 0 spiro atoms. The second-order valence-corrected chi connectivity index (χ2v) is 5.14. The van der Waals surface area contributed by atoms with E-state index in [0.29, 0.717) is 17.0 Å². The largest absolute Gasteiger partial charge is 0.207 e. The summed E-state index contributed by atoms with van der Waals surface area (Å²) in [6.07, 6.45) is 1.66. The maximum atomic E-state index is 13.6. The average Bonchev–Trinajstić information content (AvgIpc) is 2.23. The van der Waals surface area contributed by atoms with Crippen LogP contribution in [0.1, 0.15) is 25.8 Å². The third kappa shape index (κ3) is 3.18. The van der Waals surface area contributed by atoms with Crippen molar-refractivity contribution >= 4 is 27.5 Å². The highest BCUT2D eigenvalue weighted by Crippen LogP contribution is 2.32. The molecule has 1 aromatic rings. The molecule has 0 saturated carbocycles. The van der Waals surface area contributed by atoms with Gasteiger partial charge in [0.25, 0.3) is 0 Å². The Labute approximate surface area is 104 Å². The fourth-order valence-electron chi connectivity index (χ4n) is 1.39. The zero-order valence-electron chi connectivity index (χ0n) is 8.99. The third-order valence-electron chi connectivity index (χ3n) is 2.84. The monoisotopic (exact) mass is 292 g/mol. The maximum Gasteiger partial charge on any atom is 0.127 e. The van der Waals surface area contributed by atoms with Crippen LogP contribution in [0.4, 0.5) is 4.39 Å². The number of alkyl halides is 1. The molecule has 0 aliphatic rings. The Morgan fingerprint density at radius 3 is 2.60 bits per heavy atom. The van der Waals surface area contributed by atoms with Crippen LogP contribution in [0.3, 0.4) is 0 Å². The van der Waals surface area contributed by atoms with E-state index >= 15 is 0 Å². The zero-order valence-corrected chi connectivity index (χ0v) is 11.3. The van der Waals surface area contributed by atoms with Crippen molar-refractivity contribution in [3.8, 4) is 0 Å². The van der Waals surface area contributed by atoms with Crippen LogP contribution < -0.4 is 0 Å². The van der Waals surface area contributed by atoms with Gasteiger partial charge >= 0.3 is 0 Å². The van der Waals surface area contributed by atoms with Crippen molar-refractivity contribution in [1.29, 1.82) is 0 Å². The molecule has 0 bridgehead atoms. The first-order valence-electron chi connectivity index (χ1n) is 5.01. The first-order valence-corrected chi connectivity index (χ1v) is 6.51. The maximum absolute atomic E-state index is 13.6. The summed E-state index contributed by atoms with van der Waals surface area (Å²) in [5, 5.41) is 1.37. The molecule has 0 saturated heterocycles. The summed E-state index contributed by atoms with van der Waals surface area (Å²) in [4.78, 5) is 0. The highest BCUT2D eigenvalue weighted by atomic mass is 79.9. The van der Waals surface area contributed by atoms with Gasteiger partial charge in [-0.2, -0.15) is 0 Å². The van der Waals surface area contributed by atoms with E-state index in [-0.39, 0.29) is 11.2 Å². The van der Waals surface area contributed by atoms with Crippen LogP contribution in [0, 0.1) is 11.2 Å². The highest BCUT2D eigenvalue weighted by Gasteiger charge is 2.23. The lowest BCUT2D eigenvalue weighted by Crippen LogP contribution is -2.21. The molecule has 3 heteroatoms. The predicted octanol–water partition coefficient (Wildman–Crippen LogP) is 4.83. The van der Waals surface area contributed by atoms with Crippen molar-refractivity contribution in [3.05, 3.63) is 34.6 Å². The Bertz CT molecular complexity index is 314. The molecular weight excluding hydrogens is 278 g/mol. The van der Waals surface area contributed by atoms with E-state index in [1.165, 1.54) is 6.07 Å². The van der Waals surface area contributed by atoms with Gasteiger partial charge in [-0.15, -0.1) is 0 Å². The van der Waals surface area contributed by atoms with Crippen LogP contribution >= 0.6 is 27.5 Å². The van der Waals surface area contributed by atoms with Gasteiger partial charge in [0, 0.05) is 15.9 Å². The molecule has 1 unspecified atom stereocenters. The van der Waals surface area contributed by atoms with E-state index in [9.17, 15) is 4.39 Å². The van der Waals surface area contributed by atoms with Crippen LogP contribution in [-0.2, 0) is 6.42 Å². The van der Waals surface area contributed by atoms with Gasteiger partial charge in [-0.1, -0.05) is 47.4 Å². The highest BCUT2D eigenvalue weighted by molar-refractivity contribution is 9.09. The molecule has 84 valence electrons. The van der Waals surface area contributed by atoms with E-state index in [4.69, 9.17) is 11.6 Å². The molecule has 0 heterocycles. The van der Waals surface area contributed by atoms with Gasteiger partial charge in [0.2, 0.25) is 0 Å². The van der Waals surface area contributed by atoms with Crippen LogP contribution in [0.25, 0.3) is 0 Å². The Kier molecular flexibility index (Phi) is 4.60. The summed E-state index contributed by atoms with van der Waals surface area (Å²) in [5.74, 6) is -0.205. The smallest absolute Gasteiger partial charge is 0.127 e. The van der Waals surface area contributed by atoms with E-state index in [0.717, 1.165) is 11.8 Å². The molecule has 0 aliphatic heterocycles. The topological polar surface area (TPSA) is 0 Å². The Morgan fingerprint density at radius 1 is 1.47 bits per heavy atom. The van der Waals surface area contributed by atoms with Crippen molar-refractivity contribution in [1.82, 2.24) is 0 Å². The molecule has 0 aromatic heterocycles. The lowest BCUT2D eigenvalue weighted by Gasteiger charge is -2.26. The van der Waals surface area contributed by atoms with E-state index in [2.05, 4.69) is 29.8 Å². The van der Waals surface area contributed by atoms with Gasteiger partial charge < -0.3 is 0 Å². The molecule has 1 rings (SSSR count). The third-order valence-corrected chi connectivity index (χ3v) is 4.55. The predicted molar refractivity (Wildman–Crippen MR) is 67.3 cm³/mol. The van der Waals surface area contributed by atoms with E-state index < -0.39 is 0 Å². The number of rotatable bonds is 4. The van der Waals surface area contributed by atoms with Crippen molar-refractivity contribution in [3.63, 3.8) is 0 Å². The van der Waals surface area contributed by atoms with Crippen LogP contribution in [0.5, 0.6) is 0 Å². The minimum Gasteiger partial charge on any atom is -0.207 e. The average molecular weight is 294 g/mol. The normalized spacial score (nSPS) is 15.0. The van der Waals surface area contributed by atoms with Gasteiger partial charge in [0.1, 0.15) is 5.82 Å². The molecule has 0 aliphatic carbocycles. The van der Waals surface area contributed by atoms with E-state index in [1.807, 2.05) is 0 Å². The Morgan fingerprint density at radius 2 is 2.13 bits per heavy atom. The lowest BCUT2D eigenvalue weighted by atomic mass is 9.83. The first-order chi connectivity index (χ1) is 7.02. The second-order valence-electron chi connectivity index (χ2n) is 4.17. The molecule has 15 heavy (non-hydrogen) atoms. The summed E-state index contributed by atoms with van der Waals surface area (Å²) >= 11 is 9.47. The van der Waals surface area contributed by atoms with Crippen LogP contribution in [-0.4, -0.2) is 5.33 Å². The molecule has 0 nitrogen and oxygen atoms in total. The molecule has 1 aromatic carbocycles.